The molecule has 51 heavy (non-hydrogen) atoms. The molecule has 4 fully saturated rings. The number of alkyl carbamates (subject to hydrolysis) is 1. The lowest BCUT2D eigenvalue weighted by Crippen LogP contribution is -2.53. The van der Waals surface area contributed by atoms with E-state index in [0.29, 0.717) is 38.0 Å². The van der Waals surface area contributed by atoms with Crippen molar-refractivity contribution >= 4 is 30.3 Å². The van der Waals surface area contributed by atoms with Crippen LogP contribution in [0.5, 0.6) is 0 Å². The predicted molar refractivity (Wildman–Crippen MR) is 196 cm³/mol. The van der Waals surface area contributed by atoms with Crippen LogP contribution >= 0.6 is 0 Å². The van der Waals surface area contributed by atoms with Gasteiger partial charge in [0, 0.05) is 13.0 Å². The standard InChI is InChI=1S/C39H53BN4O7/c1-23(2)34(43-36(46)47-7)35(45)44-22-39(48-16-17-49-39)19-28(44)21-42-31(20-41)25-10-8-24(9-11-25)29-14-15-30(33-27-13-12-26(18-27)32(29)33)40-50-37(3,4)38(5,6)51-40/h8-11,14-15,23,26-28,34H,12-13,16-22,41H2,1-7H3,(H,43,46). The number of amides is 2. The van der Waals surface area contributed by atoms with Crippen LogP contribution in [0, 0.1) is 5.92 Å². The Kier molecular flexibility index (Phi) is 9.63. The van der Waals surface area contributed by atoms with E-state index in [0.717, 1.165) is 11.3 Å². The highest BCUT2D eigenvalue weighted by Gasteiger charge is 2.54. The molecule has 3 N–H and O–H groups in total. The molecule has 4 unspecified atom stereocenters. The molecule has 5 aliphatic rings. The van der Waals surface area contributed by atoms with Crippen LogP contribution < -0.4 is 16.5 Å². The summed E-state index contributed by atoms with van der Waals surface area (Å²) in [5.41, 5.74) is 13.7. The number of nitrogens with one attached hydrogen (secondary N) is 1. The van der Waals surface area contributed by atoms with Gasteiger partial charge in [0.2, 0.25) is 5.91 Å². The van der Waals surface area contributed by atoms with Crippen LogP contribution in [-0.4, -0.2) is 98.8 Å². The van der Waals surface area contributed by atoms with Gasteiger partial charge in [-0.1, -0.05) is 50.2 Å². The number of fused-ring (bicyclic) bond motifs is 5. The quantitative estimate of drug-likeness (QED) is 0.289. The van der Waals surface area contributed by atoms with E-state index < -0.39 is 17.9 Å². The maximum atomic E-state index is 13.9. The Morgan fingerprint density at radius 2 is 1.65 bits per heavy atom. The first-order chi connectivity index (χ1) is 24.3. The van der Waals surface area contributed by atoms with Crippen LogP contribution in [0.25, 0.3) is 11.1 Å². The number of carbonyl (C=O) groups is 2. The van der Waals surface area contributed by atoms with E-state index >= 15 is 0 Å². The van der Waals surface area contributed by atoms with Crippen LogP contribution in [-0.2, 0) is 28.3 Å². The Bertz CT molecular complexity index is 1670. The molecule has 3 aliphatic heterocycles. The van der Waals surface area contributed by atoms with Crippen molar-refractivity contribution < 1.29 is 33.1 Å². The van der Waals surface area contributed by atoms with Crippen LogP contribution in [0.2, 0.25) is 0 Å². The molecule has 2 amide bonds. The molecular weight excluding hydrogens is 647 g/mol. The Balaban J connectivity index is 1.12. The number of nitrogens with zero attached hydrogens (tertiary/aromatic N) is 2. The SMILES string of the molecule is COC(=O)NC(C(=O)N1CC2(CC1CN=C(CN)c1ccc(-c3ccc(B4OC(C)(C)C(C)(C)O4)c4c3C3CCC4C3)cc1)OCCO2)C(C)C. The molecule has 12 heteroatoms. The van der Waals surface area contributed by atoms with Crippen LogP contribution in [0.15, 0.2) is 41.4 Å². The highest BCUT2D eigenvalue weighted by Crippen LogP contribution is 2.55. The van der Waals surface area contributed by atoms with Crippen molar-refractivity contribution in [3.8, 4) is 11.1 Å². The maximum absolute atomic E-state index is 13.9. The molecule has 1 saturated carbocycles. The van der Waals surface area contributed by atoms with Gasteiger partial charge >= 0.3 is 13.2 Å². The molecule has 2 aromatic rings. The molecule has 0 radical (unpaired) electrons. The number of hydrogen-bond donors (Lipinski definition) is 2. The van der Waals surface area contributed by atoms with Crippen molar-refractivity contribution in [3.05, 3.63) is 53.1 Å². The maximum Gasteiger partial charge on any atom is 0.495 e. The van der Waals surface area contributed by atoms with E-state index in [1.54, 1.807) is 4.90 Å². The number of methoxy groups -OCH3 is 1. The number of ether oxygens (including phenoxy) is 3. The first-order valence-electron chi connectivity index (χ1n) is 18.6. The largest absolute Gasteiger partial charge is 0.495 e. The third kappa shape index (κ3) is 6.52. The minimum Gasteiger partial charge on any atom is -0.453 e. The zero-order valence-corrected chi connectivity index (χ0v) is 31.1. The van der Waals surface area contributed by atoms with Crippen molar-refractivity contribution in [2.45, 2.75) is 108 Å². The summed E-state index contributed by atoms with van der Waals surface area (Å²) in [7, 11) is 0.922. The monoisotopic (exact) mass is 700 g/mol. The summed E-state index contributed by atoms with van der Waals surface area (Å²) in [6.45, 7) is 14.0. The Morgan fingerprint density at radius 3 is 2.25 bits per heavy atom. The summed E-state index contributed by atoms with van der Waals surface area (Å²) in [5, 5.41) is 2.71. The highest BCUT2D eigenvalue weighted by molar-refractivity contribution is 6.62. The van der Waals surface area contributed by atoms with Crippen molar-refractivity contribution in [2.24, 2.45) is 16.6 Å². The van der Waals surface area contributed by atoms with Gasteiger partial charge in [0.15, 0.2) is 5.79 Å². The lowest BCUT2D eigenvalue weighted by Gasteiger charge is -2.32. The van der Waals surface area contributed by atoms with Gasteiger partial charge in [-0.3, -0.25) is 9.79 Å². The second-order valence-corrected chi connectivity index (χ2v) is 16.2. The van der Waals surface area contributed by atoms with Crippen molar-refractivity contribution in [1.82, 2.24) is 10.2 Å². The molecule has 3 heterocycles. The van der Waals surface area contributed by atoms with Gasteiger partial charge in [-0.15, -0.1) is 0 Å². The average Bonchev–Trinajstić information content (AvgIpc) is 3.94. The van der Waals surface area contributed by atoms with Gasteiger partial charge in [0.25, 0.3) is 0 Å². The molecule has 1 spiro atoms. The third-order valence-corrected chi connectivity index (χ3v) is 12.2. The summed E-state index contributed by atoms with van der Waals surface area (Å²) in [6, 6.07) is 12.0. The van der Waals surface area contributed by atoms with E-state index in [-0.39, 0.29) is 49.3 Å². The van der Waals surface area contributed by atoms with Crippen molar-refractivity contribution in [1.29, 1.82) is 0 Å². The number of benzene rings is 2. The topological polar surface area (TPSA) is 134 Å². The van der Waals surface area contributed by atoms with E-state index in [4.69, 9.17) is 34.2 Å². The summed E-state index contributed by atoms with van der Waals surface area (Å²) in [5.74, 6) is -0.143. The molecule has 4 atom stereocenters. The first kappa shape index (κ1) is 36.1. The Hall–Kier alpha value is -3.29. The lowest BCUT2D eigenvalue weighted by atomic mass is 9.70. The zero-order valence-electron chi connectivity index (χ0n) is 31.1. The van der Waals surface area contributed by atoms with Gasteiger partial charge in [-0.2, -0.15) is 0 Å². The van der Waals surface area contributed by atoms with Gasteiger partial charge in [0.1, 0.15) is 6.04 Å². The Morgan fingerprint density at radius 1 is 1.00 bits per heavy atom. The fraction of sp³-hybridized carbons (Fsp3) is 0.615. The van der Waals surface area contributed by atoms with Gasteiger partial charge in [0.05, 0.1) is 56.4 Å². The van der Waals surface area contributed by atoms with Gasteiger partial charge in [-0.25, -0.2) is 4.79 Å². The van der Waals surface area contributed by atoms with E-state index in [1.165, 1.54) is 54.1 Å². The molecule has 0 aromatic heterocycles. The summed E-state index contributed by atoms with van der Waals surface area (Å²) < 4.78 is 29.9. The molecule has 274 valence electrons. The summed E-state index contributed by atoms with van der Waals surface area (Å²) in [6.07, 6.45) is 3.46. The fourth-order valence-corrected chi connectivity index (χ4v) is 8.74. The number of likely N-dealkylation sites (tertiary alicyclic amines) is 1. The number of hydrogen-bond acceptors (Lipinski definition) is 9. The fourth-order valence-electron chi connectivity index (χ4n) is 8.74. The van der Waals surface area contributed by atoms with Crippen LogP contribution in [0.3, 0.4) is 0 Å². The normalized spacial score (nSPS) is 26.3. The third-order valence-electron chi connectivity index (χ3n) is 12.2. The number of aliphatic imine (C=N–C) groups is 1. The molecule has 3 saturated heterocycles. The van der Waals surface area contributed by atoms with E-state index in [1.807, 2.05) is 13.8 Å². The predicted octanol–water partition coefficient (Wildman–Crippen LogP) is 4.49. The highest BCUT2D eigenvalue weighted by atomic mass is 16.7. The first-order valence-corrected chi connectivity index (χ1v) is 18.6. The summed E-state index contributed by atoms with van der Waals surface area (Å²) in [4.78, 5) is 32.7. The van der Waals surface area contributed by atoms with Crippen molar-refractivity contribution in [3.63, 3.8) is 0 Å². The molecule has 11 nitrogen and oxygen atoms in total. The smallest absolute Gasteiger partial charge is 0.453 e. The van der Waals surface area contributed by atoms with E-state index in [9.17, 15) is 9.59 Å². The molecular formula is C39H53BN4O7. The van der Waals surface area contributed by atoms with Crippen molar-refractivity contribution in [2.75, 3.05) is 40.0 Å². The minimum atomic E-state index is -0.870. The number of carbonyl (C=O) groups excluding carboxylic acids is 2. The molecule has 2 bridgehead atoms. The Labute approximate surface area is 302 Å². The van der Waals surface area contributed by atoms with Crippen LogP contribution in [0.4, 0.5) is 4.79 Å². The second-order valence-electron chi connectivity index (χ2n) is 16.2. The van der Waals surface area contributed by atoms with Gasteiger partial charge < -0.3 is 39.5 Å². The van der Waals surface area contributed by atoms with E-state index in [2.05, 4.69) is 69.4 Å². The second kappa shape index (κ2) is 13.6. The van der Waals surface area contributed by atoms with Crippen LogP contribution in [0.1, 0.15) is 95.8 Å². The lowest BCUT2D eigenvalue weighted by molar-refractivity contribution is -0.153. The number of rotatable bonds is 9. The average molecular weight is 701 g/mol. The summed E-state index contributed by atoms with van der Waals surface area (Å²) >= 11 is 0. The molecule has 7 rings (SSSR count). The minimum absolute atomic E-state index is 0.155. The van der Waals surface area contributed by atoms with Gasteiger partial charge in [-0.05, 0) is 98.0 Å². The molecule has 2 aliphatic carbocycles. The molecule has 2 aromatic carbocycles. The number of nitrogens with two attached hydrogens (primary N) is 1. The zero-order chi connectivity index (χ0) is 36.3.